The smallest absolute Gasteiger partial charge is 0.336 e. The second-order valence-corrected chi connectivity index (χ2v) is 6.44. The standard InChI is InChI=1S/C23H18O4/c1-15-11-20(23(24)25)19-13-21(27-22(19)12-15)17-7-9-18(10-8-17)26-14-16-5-3-2-4-6-16/h2-13H,14H2,1H3,(H,24,25). The van der Waals surface area contributed by atoms with Crippen LogP contribution < -0.4 is 4.74 Å². The Bertz CT molecular complexity index is 1090. The van der Waals surface area contributed by atoms with Crippen molar-refractivity contribution in [2.75, 3.05) is 0 Å². The molecular formula is C23H18O4. The number of hydrogen-bond acceptors (Lipinski definition) is 3. The van der Waals surface area contributed by atoms with E-state index in [0.29, 0.717) is 23.3 Å². The van der Waals surface area contributed by atoms with Crippen LogP contribution in [0.15, 0.2) is 77.2 Å². The minimum Gasteiger partial charge on any atom is -0.489 e. The van der Waals surface area contributed by atoms with Gasteiger partial charge in [-0.05, 0) is 60.5 Å². The average molecular weight is 358 g/mol. The van der Waals surface area contributed by atoms with E-state index in [1.165, 1.54) is 0 Å². The highest BCUT2D eigenvalue weighted by atomic mass is 16.5. The molecule has 1 aromatic heterocycles. The number of fused-ring (bicyclic) bond motifs is 1. The fourth-order valence-corrected chi connectivity index (χ4v) is 3.05. The Balaban J connectivity index is 1.58. The Labute approximate surface area is 156 Å². The molecule has 0 aliphatic heterocycles. The van der Waals surface area contributed by atoms with E-state index in [4.69, 9.17) is 9.15 Å². The summed E-state index contributed by atoms with van der Waals surface area (Å²) in [5, 5.41) is 10.0. The van der Waals surface area contributed by atoms with Crippen molar-refractivity contribution in [1.29, 1.82) is 0 Å². The van der Waals surface area contributed by atoms with E-state index in [1.54, 1.807) is 12.1 Å². The lowest BCUT2D eigenvalue weighted by Crippen LogP contribution is -1.96. The molecule has 4 rings (SSSR count). The Kier molecular flexibility index (Phi) is 4.38. The first-order valence-corrected chi connectivity index (χ1v) is 8.65. The summed E-state index contributed by atoms with van der Waals surface area (Å²) in [5.74, 6) is 0.439. The van der Waals surface area contributed by atoms with E-state index >= 15 is 0 Å². The van der Waals surface area contributed by atoms with Gasteiger partial charge in [-0.2, -0.15) is 0 Å². The third-order valence-corrected chi connectivity index (χ3v) is 4.40. The molecule has 4 nitrogen and oxygen atoms in total. The summed E-state index contributed by atoms with van der Waals surface area (Å²) in [6, 6.07) is 22.8. The van der Waals surface area contributed by atoms with Gasteiger partial charge >= 0.3 is 5.97 Å². The fraction of sp³-hybridized carbons (Fsp3) is 0.0870. The number of carbonyl (C=O) groups is 1. The largest absolute Gasteiger partial charge is 0.489 e. The van der Waals surface area contributed by atoms with Gasteiger partial charge in [0.05, 0.1) is 5.56 Å². The van der Waals surface area contributed by atoms with Gasteiger partial charge in [-0.25, -0.2) is 4.79 Å². The van der Waals surface area contributed by atoms with Crippen molar-refractivity contribution in [2.24, 2.45) is 0 Å². The Hall–Kier alpha value is -3.53. The molecule has 0 saturated carbocycles. The van der Waals surface area contributed by atoms with Crippen LogP contribution in [0.1, 0.15) is 21.5 Å². The maximum atomic E-state index is 11.5. The predicted octanol–water partition coefficient (Wildman–Crippen LogP) is 5.69. The van der Waals surface area contributed by atoms with Gasteiger partial charge < -0.3 is 14.3 Å². The predicted molar refractivity (Wildman–Crippen MR) is 104 cm³/mol. The second kappa shape index (κ2) is 7.00. The van der Waals surface area contributed by atoms with E-state index in [-0.39, 0.29) is 5.56 Å². The lowest BCUT2D eigenvalue weighted by Gasteiger charge is -2.06. The normalized spacial score (nSPS) is 10.9. The minimum absolute atomic E-state index is 0.253. The lowest BCUT2D eigenvalue weighted by molar-refractivity contribution is 0.0699. The molecule has 0 unspecified atom stereocenters. The molecule has 1 heterocycles. The summed E-state index contributed by atoms with van der Waals surface area (Å²) in [5.41, 5.74) is 3.66. The van der Waals surface area contributed by atoms with Crippen LogP contribution in [0.3, 0.4) is 0 Å². The molecule has 4 aromatic rings. The van der Waals surface area contributed by atoms with Crippen molar-refractivity contribution in [3.8, 4) is 17.1 Å². The summed E-state index contributed by atoms with van der Waals surface area (Å²) in [7, 11) is 0. The Morgan fingerprint density at radius 1 is 1.00 bits per heavy atom. The molecule has 0 aliphatic carbocycles. The summed E-state index contributed by atoms with van der Waals surface area (Å²) in [4.78, 5) is 11.5. The monoisotopic (exact) mass is 358 g/mol. The van der Waals surface area contributed by atoms with E-state index in [0.717, 1.165) is 22.4 Å². The molecule has 27 heavy (non-hydrogen) atoms. The molecular weight excluding hydrogens is 340 g/mol. The number of carboxylic acid groups (broad SMARTS) is 1. The fourth-order valence-electron chi connectivity index (χ4n) is 3.05. The van der Waals surface area contributed by atoms with Crippen molar-refractivity contribution < 1.29 is 19.1 Å². The summed E-state index contributed by atoms with van der Waals surface area (Å²) in [6.07, 6.45) is 0. The molecule has 0 spiro atoms. The Morgan fingerprint density at radius 3 is 2.44 bits per heavy atom. The highest BCUT2D eigenvalue weighted by molar-refractivity contribution is 6.03. The molecule has 0 saturated heterocycles. The molecule has 3 aromatic carbocycles. The first-order chi connectivity index (χ1) is 13.1. The van der Waals surface area contributed by atoms with Crippen LogP contribution in [0.4, 0.5) is 0 Å². The molecule has 4 heteroatoms. The SMILES string of the molecule is Cc1cc(C(=O)O)c2cc(-c3ccc(OCc4ccccc4)cc3)oc2c1. The van der Waals surface area contributed by atoms with Gasteiger partial charge in [0.15, 0.2) is 0 Å². The van der Waals surface area contributed by atoms with Gasteiger partial charge in [0, 0.05) is 10.9 Å². The molecule has 1 N–H and O–H groups in total. The van der Waals surface area contributed by atoms with Crippen molar-refractivity contribution in [1.82, 2.24) is 0 Å². The van der Waals surface area contributed by atoms with Crippen LogP contribution in [-0.2, 0) is 6.61 Å². The van der Waals surface area contributed by atoms with Gasteiger partial charge in [0.1, 0.15) is 23.7 Å². The number of rotatable bonds is 5. The molecule has 0 radical (unpaired) electrons. The highest BCUT2D eigenvalue weighted by Gasteiger charge is 2.15. The third-order valence-electron chi connectivity index (χ3n) is 4.40. The number of carboxylic acids is 1. The topological polar surface area (TPSA) is 59.7 Å². The molecule has 134 valence electrons. The van der Waals surface area contributed by atoms with Gasteiger partial charge in [0.25, 0.3) is 0 Å². The number of aromatic carboxylic acids is 1. The van der Waals surface area contributed by atoms with Crippen LogP contribution in [0, 0.1) is 6.92 Å². The number of benzene rings is 3. The van der Waals surface area contributed by atoms with Gasteiger partial charge in [-0.1, -0.05) is 30.3 Å². The molecule has 0 atom stereocenters. The maximum absolute atomic E-state index is 11.5. The van der Waals surface area contributed by atoms with E-state index < -0.39 is 5.97 Å². The zero-order valence-corrected chi connectivity index (χ0v) is 14.8. The van der Waals surface area contributed by atoms with Crippen molar-refractivity contribution in [3.63, 3.8) is 0 Å². The number of furan rings is 1. The molecule has 0 aliphatic rings. The number of ether oxygens (including phenoxy) is 1. The third kappa shape index (κ3) is 3.55. The van der Waals surface area contributed by atoms with Crippen LogP contribution >= 0.6 is 0 Å². The van der Waals surface area contributed by atoms with Crippen molar-refractivity contribution in [2.45, 2.75) is 13.5 Å². The van der Waals surface area contributed by atoms with Gasteiger partial charge in [-0.3, -0.25) is 0 Å². The quantitative estimate of drug-likeness (QED) is 0.498. The van der Waals surface area contributed by atoms with Crippen LogP contribution in [0.2, 0.25) is 0 Å². The van der Waals surface area contributed by atoms with Crippen molar-refractivity contribution in [3.05, 3.63) is 89.5 Å². The summed E-state index contributed by atoms with van der Waals surface area (Å²) in [6.45, 7) is 2.36. The van der Waals surface area contributed by atoms with Crippen molar-refractivity contribution >= 4 is 16.9 Å². The van der Waals surface area contributed by atoms with E-state index in [2.05, 4.69) is 0 Å². The van der Waals surface area contributed by atoms with Gasteiger partial charge in [-0.15, -0.1) is 0 Å². The minimum atomic E-state index is -0.958. The van der Waals surface area contributed by atoms with E-state index in [9.17, 15) is 9.90 Å². The molecule has 0 bridgehead atoms. The van der Waals surface area contributed by atoms with Crippen LogP contribution in [-0.4, -0.2) is 11.1 Å². The highest BCUT2D eigenvalue weighted by Crippen LogP contribution is 2.32. The molecule has 0 amide bonds. The lowest BCUT2D eigenvalue weighted by atomic mass is 10.1. The zero-order chi connectivity index (χ0) is 18.8. The summed E-state index contributed by atoms with van der Waals surface area (Å²) < 4.78 is 11.7. The first-order valence-electron chi connectivity index (χ1n) is 8.65. The number of hydrogen-bond donors (Lipinski definition) is 1. The van der Waals surface area contributed by atoms with Crippen LogP contribution in [0.25, 0.3) is 22.3 Å². The molecule has 0 fully saturated rings. The van der Waals surface area contributed by atoms with Gasteiger partial charge in [0.2, 0.25) is 0 Å². The second-order valence-electron chi connectivity index (χ2n) is 6.44. The zero-order valence-electron chi connectivity index (χ0n) is 14.8. The van der Waals surface area contributed by atoms with Crippen LogP contribution in [0.5, 0.6) is 5.75 Å². The van der Waals surface area contributed by atoms with E-state index in [1.807, 2.05) is 67.6 Å². The number of aryl methyl sites for hydroxylation is 1. The Morgan fingerprint density at radius 2 is 1.74 bits per heavy atom. The first kappa shape index (κ1) is 16.9. The average Bonchev–Trinajstić information content (AvgIpc) is 3.10. The summed E-state index contributed by atoms with van der Waals surface area (Å²) >= 11 is 0. The maximum Gasteiger partial charge on any atom is 0.336 e.